The molecule has 128 valence electrons. The van der Waals surface area contributed by atoms with E-state index in [2.05, 4.69) is 34.4 Å². The van der Waals surface area contributed by atoms with E-state index in [1.54, 1.807) is 18.3 Å². The molecule has 0 radical (unpaired) electrons. The van der Waals surface area contributed by atoms with Gasteiger partial charge in [-0.05, 0) is 18.1 Å². The molecule has 1 saturated heterocycles. The van der Waals surface area contributed by atoms with E-state index in [9.17, 15) is 4.79 Å². The first-order valence-corrected chi connectivity index (χ1v) is 7.97. The summed E-state index contributed by atoms with van der Waals surface area (Å²) in [6.07, 6.45) is 1.62. The summed E-state index contributed by atoms with van der Waals surface area (Å²) in [6, 6.07) is 3.55. The van der Waals surface area contributed by atoms with Gasteiger partial charge in [0.25, 0.3) is 0 Å². The molecule has 1 atom stereocenters. The molecule has 0 unspecified atom stereocenters. The number of urea groups is 1. The van der Waals surface area contributed by atoms with E-state index in [0.29, 0.717) is 30.1 Å². The first kappa shape index (κ1) is 17.5. The molecule has 2 heterocycles. The standard InChI is InChI=1S/C16H26N4O3/c1-12(2)14(20-7-9-23-10-8-20)11-18-16(21)19-13-5-4-6-17-15(13)22-3/h4-6,12,14H,7-11H2,1-3H3,(H2,18,19,21)/t14-/m0/s1. The summed E-state index contributed by atoms with van der Waals surface area (Å²) in [6.45, 7) is 8.25. The van der Waals surface area contributed by atoms with Crippen molar-refractivity contribution in [3.05, 3.63) is 18.3 Å². The van der Waals surface area contributed by atoms with Crippen molar-refractivity contribution in [2.75, 3.05) is 45.3 Å². The SMILES string of the molecule is COc1ncccc1NC(=O)NC[C@@H](C(C)C)N1CCOCC1. The summed E-state index contributed by atoms with van der Waals surface area (Å²) < 4.78 is 10.5. The van der Waals surface area contributed by atoms with Crippen molar-refractivity contribution < 1.29 is 14.3 Å². The lowest BCUT2D eigenvalue weighted by molar-refractivity contribution is 0.00728. The van der Waals surface area contributed by atoms with Gasteiger partial charge < -0.3 is 20.1 Å². The lowest BCUT2D eigenvalue weighted by atomic mass is 10.0. The van der Waals surface area contributed by atoms with E-state index in [1.807, 2.05) is 0 Å². The Balaban J connectivity index is 1.88. The smallest absolute Gasteiger partial charge is 0.319 e. The van der Waals surface area contributed by atoms with E-state index in [0.717, 1.165) is 26.3 Å². The van der Waals surface area contributed by atoms with Gasteiger partial charge in [0, 0.05) is 31.9 Å². The number of pyridine rings is 1. The number of hydrogen-bond donors (Lipinski definition) is 2. The van der Waals surface area contributed by atoms with Gasteiger partial charge in [-0.15, -0.1) is 0 Å². The summed E-state index contributed by atoms with van der Waals surface area (Å²) >= 11 is 0. The number of morpholine rings is 1. The third-order valence-electron chi connectivity index (χ3n) is 3.97. The molecule has 1 aliphatic rings. The summed E-state index contributed by atoms with van der Waals surface area (Å²) in [7, 11) is 1.53. The van der Waals surface area contributed by atoms with Crippen LogP contribution < -0.4 is 15.4 Å². The third-order valence-corrected chi connectivity index (χ3v) is 3.97. The molecule has 2 amide bonds. The minimum Gasteiger partial charge on any atom is -0.480 e. The topological polar surface area (TPSA) is 75.7 Å². The van der Waals surface area contributed by atoms with Crippen LogP contribution in [0.1, 0.15) is 13.8 Å². The minimum absolute atomic E-state index is 0.254. The van der Waals surface area contributed by atoms with Crippen LogP contribution in [0.15, 0.2) is 18.3 Å². The van der Waals surface area contributed by atoms with Gasteiger partial charge >= 0.3 is 6.03 Å². The number of rotatable bonds is 6. The summed E-state index contributed by atoms with van der Waals surface area (Å²) in [5.74, 6) is 0.845. The van der Waals surface area contributed by atoms with Gasteiger partial charge in [0.1, 0.15) is 5.69 Å². The summed E-state index contributed by atoms with van der Waals surface area (Å²) in [5, 5.41) is 5.72. The molecule has 0 aliphatic carbocycles. The number of ether oxygens (including phenoxy) is 2. The van der Waals surface area contributed by atoms with Gasteiger partial charge in [0.05, 0.1) is 20.3 Å². The van der Waals surface area contributed by atoms with Crippen molar-refractivity contribution in [2.45, 2.75) is 19.9 Å². The zero-order valence-electron chi connectivity index (χ0n) is 14.0. The van der Waals surface area contributed by atoms with Gasteiger partial charge in [-0.1, -0.05) is 13.8 Å². The van der Waals surface area contributed by atoms with E-state index in [-0.39, 0.29) is 6.03 Å². The van der Waals surface area contributed by atoms with Crippen molar-refractivity contribution >= 4 is 11.7 Å². The molecule has 23 heavy (non-hydrogen) atoms. The quantitative estimate of drug-likeness (QED) is 0.831. The second-order valence-electron chi connectivity index (χ2n) is 5.85. The average Bonchev–Trinajstić information content (AvgIpc) is 2.56. The molecule has 0 bridgehead atoms. The zero-order valence-corrected chi connectivity index (χ0v) is 14.0. The van der Waals surface area contributed by atoms with Crippen molar-refractivity contribution in [3.63, 3.8) is 0 Å². The van der Waals surface area contributed by atoms with Crippen molar-refractivity contribution in [1.82, 2.24) is 15.2 Å². The molecule has 1 aromatic heterocycles. The Kier molecular flexibility index (Phi) is 6.61. The molecule has 1 aliphatic heterocycles. The van der Waals surface area contributed by atoms with E-state index in [1.165, 1.54) is 7.11 Å². The van der Waals surface area contributed by atoms with E-state index < -0.39 is 0 Å². The maximum absolute atomic E-state index is 12.1. The maximum Gasteiger partial charge on any atom is 0.319 e. The van der Waals surface area contributed by atoms with Crippen LogP contribution in [0.2, 0.25) is 0 Å². The first-order chi connectivity index (χ1) is 11.1. The number of carbonyl (C=O) groups excluding carboxylic acids is 1. The number of nitrogens with one attached hydrogen (secondary N) is 2. The largest absolute Gasteiger partial charge is 0.480 e. The summed E-state index contributed by atoms with van der Waals surface area (Å²) in [4.78, 5) is 18.6. The molecular formula is C16H26N4O3. The van der Waals surface area contributed by atoms with Gasteiger partial charge in [-0.25, -0.2) is 9.78 Å². The Morgan fingerprint density at radius 3 is 2.83 bits per heavy atom. The Morgan fingerprint density at radius 1 is 1.43 bits per heavy atom. The highest BCUT2D eigenvalue weighted by atomic mass is 16.5. The second-order valence-corrected chi connectivity index (χ2v) is 5.85. The van der Waals surface area contributed by atoms with Crippen LogP contribution in [0.25, 0.3) is 0 Å². The van der Waals surface area contributed by atoms with Gasteiger partial charge in [-0.3, -0.25) is 4.90 Å². The molecule has 1 aromatic rings. The number of carbonyl (C=O) groups is 1. The Hall–Kier alpha value is -1.86. The number of hydrogen-bond acceptors (Lipinski definition) is 5. The zero-order chi connectivity index (χ0) is 16.7. The molecule has 2 N–H and O–H groups in total. The number of methoxy groups -OCH3 is 1. The van der Waals surface area contributed by atoms with Crippen LogP contribution in [0.3, 0.4) is 0 Å². The van der Waals surface area contributed by atoms with E-state index in [4.69, 9.17) is 9.47 Å². The molecular weight excluding hydrogens is 296 g/mol. The van der Waals surface area contributed by atoms with Crippen molar-refractivity contribution in [1.29, 1.82) is 0 Å². The van der Waals surface area contributed by atoms with Crippen molar-refractivity contribution in [2.24, 2.45) is 5.92 Å². The number of nitrogens with zero attached hydrogens (tertiary/aromatic N) is 2. The third kappa shape index (κ3) is 5.07. The predicted molar refractivity (Wildman–Crippen MR) is 88.8 cm³/mol. The van der Waals surface area contributed by atoms with E-state index >= 15 is 0 Å². The molecule has 2 rings (SSSR count). The molecule has 0 aromatic carbocycles. The van der Waals surface area contributed by atoms with Gasteiger partial charge in [-0.2, -0.15) is 0 Å². The second kappa shape index (κ2) is 8.69. The fraction of sp³-hybridized carbons (Fsp3) is 0.625. The van der Waals surface area contributed by atoms with Crippen LogP contribution in [-0.2, 0) is 4.74 Å². The molecule has 1 fully saturated rings. The fourth-order valence-corrected chi connectivity index (χ4v) is 2.71. The number of anilines is 1. The molecule has 7 nitrogen and oxygen atoms in total. The van der Waals surface area contributed by atoms with Gasteiger partial charge in [0.15, 0.2) is 0 Å². The van der Waals surface area contributed by atoms with Crippen LogP contribution in [0.5, 0.6) is 5.88 Å². The molecule has 7 heteroatoms. The molecule has 0 saturated carbocycles. The normalized spacial score (nSPS) is 16.9. The Bertz CT molecular complexity index is 504. The number of aromatic nitrogens is 1. The van der Waals surface area contributed by atoms with Crippen molar-refractivity contribution in [3.8, 4) is 5.88 Å². The van der Waals surface area contributed by atoms with Crippen LogP contribution in [0, 0.1) is 5.92 Å². The van der Waals surface area contributed by atoms with Crippen LogP contribution >= 0.6 is 0 Å². The highest BCUT2D eigenvalue weighted by molar-refractivity contribution is 5.90. The summed E-state index contributed by atoms with van der Waals surface area (Å²) in [5.41, 5.74) is 0.556. The fourth-order valence-electron chi connectivity index (χ4n) is 2.71. The lowest BCUT2D eigenvalue weighted by Crippen LogP contribution is -2.51. The van der Waals surface area contributed by atoms with Crippen LogP contribution in [0.4, 0.5) is 10.5 Å². The maximum atomic E-state index is 12.1. The predicted octanol–water partition coefficient (Wildman–Crippen LogP) is 1.57. The highest BCUT2D eigenvalue weighted by Crippen LogP contribution is 2.19. The lowest BCUT2D eigenvalue weighted by Gasteiger charge is -2.36. The van der Waals surface area contributed by atoms with Gasteiger partial charge in [0.2, 0.25) is 5.88 Å². The number of amides is 2. The monoisotopic (exact) mass is 322 g/mol. The van der Waals surface area contributed by atoms with Crippen LogP contribution in [-0.4, -0.2) is 61.9 Å². The highest BCUT2D eigenvalue weighted by Gasteiger charge is 2.24. The molecule has 0 spiro atoms. The Morgan fingerprint density at radius 2 is 2.17 bits per heavy atom. The first-order valence-electron chi connectivity index (χ1n) is 7.97. The minimum atomic E-state index is -0.254. The Labute approximate surface area is 137 Å². The average molecular weight is 322 g/mol.